The average molecular weight is 566 g/mol. The maximum absolute atomic E-state index is 13.5. The van der Waals surface area contributed by atoms with Gasteiger partial charge in [-0.05, 0) is 66.1 Å². The van der Waals surface area contributed by atoms with Gasteiger partial charge in [-0.15, -0.1) is 11.8 Å². The van der Waals surface area contributed by atoms with Gasteiger partial charge in [0, 0.05) is 44.8 Å². The first kappa shape index (κ1) is 26.1. The number of fused-ring (bicyclic) bond motifs is 1. The molecule has 1 aromatic heterocycles. The van der Waals surface area contributed by atoms with Crippen molar-refractivity contribution in [3.05, 3.63) is 99.8 Å². The normalized spacial score (nSPS) is 14.6. The summed E-state index contributed by atoms with van der Waals surface area (Å²) >= 11 is 8.59. The zero-order valence-electron chi connectivity index (χ0n) is 20.1. The highest BCUT2D eigenvalue weighted by Crippen LogP contribution is 2.34. The average Bonchev–Trinajstić information content (AvgIpc) is 3.37. The molecule has 2 heterocycles. The lowest BCUT2D eigenvalue weighted by Gasteiger charge is -2.12. The van der Waals surface area contributed by atoms with E-state index in [0.29, 0.717) is 17.3 Å². The Morgan fingerprint density at radius 1 is 1.11 bits per heavy atom. The Labute approximate surface area is 231 Å². The summed E-state index contributed by atoms with van der Waals surface area (Å²) < 4.78 is 15.5. The third-order valence-electron chi connectivity index (χ3n) is 5.99. The van der Waals surface area contributed by atoms with E-state index in [9.17, 15) is 18.8 Å². The summed E-state index contributed by atoms with van der Waals surface area (Å²) in [5.41, 5.74) is 2.97. The zero-order chi connectivity index (χ0) is 26.8. The van der Waals surface area contributed by atoms with Gasteiger partial charge in [-0.1, -0.05) is 41.9 Å². The van der Waals surface area contributed by atoms with Crippen LogP contribution >= 0.6 is 35.1 Å². The van der Waals surface area contributed by atoms with Crippen LogP contribution in [0.5, 0.6) is 0 Å². The van der Waals surface area contributed by atoms with Crippen LogP contribution in [0.1, 0.15) is 11.1 Å². The quantitative estimate of drug-likeness (QED) is 0.195. The second kappa shape index (κ2) is 11.1. The summed E-state index contributed by atoms with van der Waals surface area (Å²) in [5, 5.41) is 3.44. The molecule has 192 valence electrons. The molecular weight excluding hydrogens is 545 g/mol. The van der Waals surface area contributed by atoms with Crippen LogP contribution in [-0.2, 0) is 16.1 Å². The van der Waals surface area contributed by atoms with E-state index in [0.717, 1.165) is 43.6 Å². The first-order valence-corrected chi connectivity index (χ1v) is 14.0. The molecular formula is C28H21ClFN3O3S2. The number of amides is 3. The summed E-state index contributed by atoms with van der Waals surface area (Å²) in [4.78, 5) is 40.5. The summed E-state index contributed by atoms with van der Waals surface area (Å²) in [6.45, 7) is 0.0170. The van der Waals surface area contributed by atoms with E-state index in [2.05, 4.69) is 5.32 Å². The van der Waals surface area contributed by atoms with Gasteiger partial charge in [-0.2, -0.15) is 0 Å². The summed E-state index contributed by atoms with van der Waals surface area (Å²) in [6, 6.07) is 19.2. The van der Waals surface area contributed by atoms with Crippen LogP contribution in [0.3, 0.4) is 0 Å². The lowest BCUT2D eigenvalue weighted by Crippen LogP contribution is -2.36. The first-order chi connectivity index (χ1) is 18.3. The molecule has 1 N–H and O–H groups in total. The van der Waals surface area contributed by atoms with Gasteiger partial charge in [0.1, 0.15) is 12.4 Å². The third-order valence-corrected chi connectivity index (χ3v) is 7.98. The van der Waals surface area contributed by atoms with E-state index in [1.165, 1.54) is 12.1 Å². The smallest absolute Gasteiger partial charge is 0.294 e. The van der Waals surface area contributed by atoms with Crippen LogP contribution in [0.2, 0.25) is 5.02 Å². The second-order valence-electron chi connectivity index (χ2n) is 8.51. The maximum Gasteiger partial charge on any atom is 0.294 e. The van der Waals surface area contributed by atoms with Crippen LogP contribution in [0.15, 0.2) is 82.7 Å². The van der Waals surface area contributed by atoms with Crippen LogP contribution in [0.25, 0.3) is 17.0 Å². The van der Waals surface area contributed by atoms with E-state index in [1.54, 1.807) is 30.0 Å². The number of rotatable bonds is 7. The molecule has 4 aromatic rings. The minimum atomic E-state index is -0.522. The van der Waals surface area contributed by atoms with Gasteiger partial charge in [0.15, 0.2) is 0 Å². The number of anilines is 1. The molecule has 10 heteroatoms. The fraction of sp³-hybridized carbons (Fsp3) is 0.107. The van der Waals surface area contributed by atoms with Crippen LogP contribution in [0.4, 0.5) is 14.9 Å². The molecule has 3 amide bonds. The van der Waals surface area contributed by atoms with Crippen molar-refractivity contribution < 1.29 is 18.8 Å². The number of thioether (sulfide) groups is 2. The van der Waals surface area contributed by atoms with Crippen molar-refractivity contribution in [2.75, 3.05) is 18.1 Å². The molecule has 1 saturated heterocycles. The molecule has 0 spiro atoms. The van der Waals surface area contributed by atoms with Gasteiger partial charge in [0.05, 0.1) is 4.91 Å². The van der Waals surface area contributed by atoms with Crippen molar-refractivity contribution in [3.63, 3.8) is 0 Å². The van der Waals surface area contributed by atoms with E-state index >= 15 is 0 Å². The second-order valence-corrected chi connectivity index (χ2v) is 10.8. The van der Waals surface area contributed by atoms with Gasteiger partial charge < -0.3 is 9.88 Å². The number of nitrogens with zero attached hydrogens (tertiary/aromatic N) is 2. The fourth-order valence-corrected chi connectivity index (χ4v) is 5.69. The van der Waals surface area contributed by atoms with Gasteiger partial charge in [0.2, 0.25) is 5.91 Å². The Morgan fingerprint density at radius 2 is 1.92 bits per heavy atom. The molecule has 3 aromatic carbocycles. The fourth-order valence-electron chi connectivity index (χ4n) is 4.18. The third kappa shape index (κ3) is 5.50. The Hall–Kier alpha value is -3.53. The van der Waals surface area contributed by atoms with Crippen molar-refractivity contribution in [2.24, 2.45) is 0 Å². The van der Waals surface area contributed by atoms with Crippen molar-refractivity contribution in [3.8, 4) is 0 Å². The number of halogens is 2. The number of para-hydroxylation sites is 1. The molecule has 0 bridgehead atoms. The highest BCUT2D eigenvalue weighted by atomic mass is 35.5. The molecule has 0 saturated carbocycles. The molecule has 0 atom stereocenters. The minimum absolute atomic E-state index is 0.231. The van der Waals surface area contributed by atoms with Gasteiger partial charge >= 0.3 is 0 Å². The maximum atomic E-state index is 13.5. The number of hydrogen-bond donors (Lipinski definition) is 1. The van der Waals surface area contributed by atoms with Gasteiger partial charge in [-0.25, -0.2) is 4.39 Å². The van der Waals surface area contributed by atoms with Crippen molar-refractivity contribution in [1.29, 1.82) is 0 Å². The molecule has 0 aliphatic carbocycles. The van der Waals surface area contributed by atoms with Crippen molar-refractivity contribution in [2.45, 2.75) is 11.4 Å². The number of aromatic nitrogens is 1. The standard InChI is InChI=1S/C28H21ClFN3O3S2/c1-37-21-6-4-5-20(13-21)31-26(34)16-33-27(35)25(38-28(33)36)11-18-15-32(24-8-3-2-7-22(18)24)14-17-9-10-19(30)12-23(17)29/h2-13,15H,14,16H2,1H3,(H,31,34)/b25-11-. The molecule has 1 fully saturated rings. The van der Waals surface area contributed by atoms with Crippen LogP contribution in [0, 0.1) is 5.82 Å². The van der Waals surface area contributed by atoms with E-state index in [1.807, 2.05) is 59.5 Å². The predicted molar refractivity (Wildman–Crippen MR) is 152 cm³/mol. The Morgan fingerprint density at radius 3 is 2.71 bits per heavy atom. The monoisotopic (exact) mass is 565 g/mol. The molecule has 1 aliphatic rings. The van der Waals surface area contributed by atoms with Gasteiger partial charge in [0.25, 0.3) is 11.1 Å². The number of nitrogens with one attached hydrogen (secondary N) is 1. The number of carbonyl (C=O) groups excluding carboxylic acids is 3. The predicted octanol–water partition coefficient (Wildman–Crippen LogP) is 6.88. The first-order valence-electron chi connectivity index (χ1n) is 11.5. The Bertz CT molecular complexity index is 1620. The molecule has 5 rings (SSSR count). The summed E-state index contributed by atoms with van der Waals surface area (Å²) in [6.07, 6.45) is 5.46. The zero-order valence-corrected chi connectivity index (χ0v) is 22.5. The van der Waals surface area contributed by atoms with Gasteiger partial charge in [-0.3, -0.25) is 19.3 Å². The summed E-state index contributed by atoms with van der Waals surface area (Å²) in [7, 11) is 0. The number of benzene rings is 3. The van der Waals surface area contributed by atoms with E-state index in [-0.39, 0.29) is 11.4 Å². The van der Waals surface area contributed by atoms with Crippen molar-refractivity contribution in [1.82, 2.24) is 9.47 Å². The molecule has 38 heavy (non-hydrogen) atoms. The van der Waals surface area contributed by atoms with Crippen molar-refractivity contribution >= 4 is 74.8 Å². The SMILES string of the molecule is CSc1cccc(NC(=O)CN2C(=O)S/C(=C\c3cn(Cc4ccc(F)cc4Cl)c4ccccc34)C2=O)c1. The Balaban J connectivity index is 1.37. The largest absolute Gasteiger partial charge is 0.342 e. The van der Waals surface area contributed by atoms with Crippen LogP contribution in [-0.4, -0.2) is 39.3 Å². The number of hydrogen-bond acceptors (Lipinski definition) is 5. The highest BCUT2D eigenvalue weighted by Gasteiger charge is 2.36. The van der Waals surface area contributed by atoms with Crippen LogP contribution < -0.4 is 5.32 Å². The highest BCUT2D eigenvalue weighted by molar-refractivity contribution is 8.18. The van der Waals surface area contributed by atoms with E-state index in [4.69, 9.17) is 11.6 Å². The molecule has 6 nitrogen and oxygen atoms in total. The topological polar surface area (TPSA) is 71.4 Å². The number of imide groups is 1. The minimum Gasteiger partial charge on any atom is -0.342 e. The summed E-state index contributed by atoms with van der Waals surface area (Å²) in [5.74, 6) is -1.39. The molecule has 0 unspecified atom stereocenters. The molecule has 0 radical (unpaired) electrons. The Kier molecular flexibility index (Phi) is 7.60. The molecule has 1 aliphatic heterocycles. The lowest BCUT2D eigenvalue weighted by molar-refractivity contribution is -0.127. The van der Waals surface area contributed by atoms with E-state index < -0.39 is 22.9 Å². The number of carbonyl (C=O) groups is 3. The lowest BCUT2D eigenvalue weighted by atomic mass is 10.1.